The Bertz CT molecular complexity index is 2570. The third-order valence-corrected chi connectivity index (χ3v) is 10.7. The van der Waals surface area contributed by atoms with E-state index in [-0.39, 0.29) is 0 Å². The monoisotopic (exact) mass is 721 g/mol. The first-order valence-corrected chi connectivity index (χ1v) is 19.2. The molecule has 1 aliphatic heterocycles. The molecule has 0 fully saturated rings. The van der Waals surface area contributed by atoms with Crippen molar-refractivity contribution in [3.8, 4) is 0 Å². The van der Waals surface area contributed by atoms with Crippen LogP contribution in [0.15, 0.2) is 212 Å². The standard InChI is InChI=1S/C51H39N5/c1-3-16-44(17-4-1)55(48-23-21-38-12-7-9-14-40(38)36-48)46-29-25-42(26-30-46)53-34-35-54(51-50(53)20-11-33-52-51)43-27-31-47(32-28-43)56(45-18-5-2-6-19-45)49-24-22-39-13-8-10-15-41(39)37-49/h1-33,36-37H,34-35H2. The number of pyridine rings is 1. The van der Waals surface area contributed by atoms with E-state index in [4.69, 9.17) is 4.98 Å². The number of hydrogen-bond acceptors (Lipinski definition) is 5. The molecule has 0 radical (unpaired) electrons. The van der Waals surface area contributed by atoms with Gasteiger partial charge in [0.2, 0.25) is 0 Å². The van der Waals surface area contributed by atoms with Crippen molar-refractivity contribution in [3.63, 3.8) is 0 Å². The lowest BCUT2D eigenvalue weighted by atomic mass is 10.1. The van der Waals surface area contributed by atoms with Crippen molar-refractivity contribution in [1.29, 1.82) is 0 Å². The van der Waals surface area contributed by atoms with E-state index in [2.05, 4.69) is 220 Å². The Balaban J connectivity index is 0.948. The molecule has 0 amide bonds. The molecule has 0 saturated heterocycles. The second-order valence-electron chi connectivity index (χ2n) is 14.1. The summed E-state index contributed by atoms with van der Waals surface area (Å²) < 4.78 is 0. The van der Waals surface area contributed by atoms with Gasteiger partial charge in [-0.25, -0.2) is 4.98 Å². The van der Waals surface area contributed by atoms with Crippen LogP contribution in [0.4, 0.5) is 57.0 Å². The summed E-state index contributed by atoms with van der Waals surface area (Å²) in [6.45, 7) is 1.62. The Hall–Kier alpha value is -7.37. The zero-order chi connectivity index (χ0) is 37.3. The summed E-state index contributed by atoms with van der Waals surface area (Å²) in [5.41, 5.74) is 10.0. The van der Waals surface area contributed by atoms with Crippen molar-refractivity contribution in [3.05, 3.63) is 212 Å². The van der Waals surface area contributed by atoms with Crippen LogP contribution in [0.25, 0.3) is 21.5 Å². The van der Waals surface area contributed by atoms with Crippen LogP contribution < -0.4 is 19.6 Å². The van der Waals surface area contributed by atoms with Crippen LogP contribution >= 0.6 is 0 Å². The van der Waals surface area contributed by atoms with E-state index in [1.165, 1.54) is 21.5 Å². The van der Waals surface area contributed by atoms with Crippen LogP contribution in [0.1, 0.15) is 0 Å². The fourth-order valence-electron chi connectivity index (χ4n) is 8.00. The SMILES string of the molecule is c1ccc(N(c2ccc(N3CCN(c4ccc(N(c5ccccc5)c5ccc6ccccc6c5)cc4)c4ncccc43)cc2)c2ccc3ccccc3c2)cc1. The van der Waals surface area contributed by atoms with E-state index in [1.807, 2.05) is 12.3 Å². The van der Waals surface area contributed by atoms with Crippen molar-refractivity contribution >= 4 is 78.5 Å². The van der Waals surface area contributed by atoms with E-state index < -0.39 is 0 Å². The van der Waals surface area contributed by atoms with Crippen LogP contribution in [-0.2, 0) is 0 Å². The minimum atomic E-state index is 0.797. The number of benzene rings is 8. The molecule has 0 atom stereocenters. The van der Waals surface area contributed by atoms with Crippen molar-refractivity contribution in [2.45, 2.75) is 0 Å². The highest BCUT2D eigenvalue weighted by atomic mass is 15.3. The van der Waals surface area contributed by atoms with Crippen molar-refractivity contribution in [2.75, 3.05) is 32.7 Å². The van der Waals surface area contributed by atoms with Gasteiger partial charge in [-0.1, -0.05) is 97.1 Å². The van der Waals surface area contributed by atoms with Crippen LogP contribution in [0.5, 0.6) is 0 Å². The third-order valence-electron chi connectivity index (χ3n) is 10.7. The second-order valence-corrected chi connectivity index (χ2v) is 14.1. The van der Waals surface area contributed by atoms with Gasteiger partial charge in [-0.2, -0.15) is 0 Å². The lowest BCUT2D eigenvalue weighted by Gasteiger charge is -2.38. The molecule has 0 bridgehead atoms. The molecule has 0 unspecified atom stereocenters. The predicted octanol–water partition coefficient (Wildman–Crippen LogP) is 13.6. The maximum Gasteiger partial charge on any atom is 0.157 e. The molecule has 0 aliphatic carbocycles. The topological polar surface area (TPSA) is 25.9 Å². The van der Waals surface area contributed by atoms with Gasteiger partial charge in [-0.3, -0.25) is 0 Å². The third kappa shape index (κ3) is 6.25. The van der Waals surface area contributed by atoms with Gasteiger partial charge in [0, 0.05) is 64.8 Å². The summed E-state index contributed by atoms with van der Waals surface area (Å²) in [6.07, 6.45) is 1.89. The molecule has 268 valence electrons. The lowest BCUT2D eigenvalue weighted by Crippen LogP contribution is -2.36. The van der Waals surface area contributed by atoms with E-state index in [1.54, 1.807) is 0 Å². The maximum atomic E-state index is 4.95. The average Bonchev–Trinajstić information content (AvgIpc) is 3.27. The summed E-state index contributed by atoms with van der Waals surface area (Å²) in [4.78, 5) is 14.3. The largest absolute Gasteiger partial charge is 0.337 e. The number of aromatic nitrogens is 1. The molecule has 0 saturated carbocycles. The van der Waals surface area contributed by atoms with E-state index in [0.717, 1.165) is 70.1 Å². The number of hydrogen-bond donors (Lipinski definition) is 0. The van der Waals surface area contributed by atoms with Gasteiger partial charge in [0.25, 0.3) is 0 Å². The Morgan fingerprint density at radius 2 is 0.750 bits per heavy atom. The van der Waals surface area contributed by atoms with Gasteiger partial charge in [0.1, 0.15) is 0 Å². The first-order chi connectivity index (χ1) is 27.8. The molecule has 5 heteroatoms. The van der Waals surface area contributed by atoms with Gasteiger partial charge < -0.3 is 19.6 Å². The highest BCUT2D eigenvalue weighted by Gasteiger charge is 2.26. The summed E-state index contributed by atoms with van der Waals surface area (Å²) in [5.74, 6) is 0.951. The Morgan fingerprint density at radius 1 is 0.339 bits per heavy atom. The lowest BCUT2D eigenvalue weighted by molar-refractivity contribution is 0.833. The average molecular weight is 722 g/mol. The van der Waals surface area contributed by atoms with E-state index in [0.29, 0.717) is 0 Å². The van der Waals surface area contributed by atoms with Gasteiger partial charge in [-0.15, -0.1) is 0 Å². The molecule has 1 aromatic heterocycles. The second kappa shape index (κ2) is 14.5. The molecular weight excluding hydrogens is 683 g/mol. The number of para-hydroxylation sites is 2. The number of nitrogens with zero attached hydrogens (tertiary/aromatic N) is 5. The quantitative estimate of drug-likeness (QED) is 0.156. The molecule has 56 heavy (non-hydrogen) atoms. The van der Waals surface area contributed by atoms with Crippen LogP contribution in [0, 0.1) is 0 Å². The summed E-state index contributed by atoms with van der Waals surface area (Å²) >= 11 is 0. The Labute approximate surface area is 327 Å². The van der Waals surface area contributed by atoms with Gasteiger partial charge in [0.05, 0.1) is 5.69 Å². The zero-order valence-corrected chi connectivity index (χ0v) is 30.9. The summed E-state index contributed by atoms with van der Waals surface area (Å²) in [7, 11) is 0. The summed E-state index contributed by atoms with van der Waals surface area (Å²) in [6, 6.07) is 73.6. The van der Waals surface area contributed by atoms with Crippen molar-refractivity contribution in [1.82, 2.24) is 4.98 Å². The molecule has 0 N–H and O–H groups in total. The van der Waals surface area contributed by atoms with E-state index >= 15 is 0 Å². The Kier molecular flexibility index (Phi) is 8.58. The molecule has 5 nitrogen and oxygen atoms in total. The van der Waals surface area contributed by atoms with Crippen molar-refractivity contribution < 1.29 is 0 Å². The van der Waals surface area contributed by atoms with Crippen LogP contribution in [-0.4, -0.2) is 18.1 Å². The molecule has 1 aliphatic rings. The minimum absolute atomic E-state index is 0.797. The highest BCUT2D eigenvalue weighted by molar-refractivity contribution is 5.91. The molecule has 8 aromatic carbocycles. The molecule has 9 aromatic rings. The number of fused-ring (bicyclic) bond motifs is 3. The van der Waals surface area contributed by atoms with Gasteiger partial charge >= 0.3 is 0 Å². The van der Waals surface area contributed by atoms with Gasteiger partial charge in [0.15, 0.2) is 5.82 Å². The predicted molar refractivity (Wildman–Crippen MR) is 236 cm³/mol. The molecular formula is C51H39N5. The molecule has 0 spiro atoms. The number of anilines is 10. The fourth-order valence-corrected chi connectivity index (χ4v) is 8.00. The molecule has 10 rings (SSSR count). The van der Waals surface area contributed by atoms with Gasteiger partial charge in [-0.05, 0) is 131 Å². The maximum absolute atomic E-state index is 4.95. The summed E-state index contributed by atoms with van der Waals surface area (Å²) in [5, 5.41) is 4.90. The smallest absolute Gasteiger partial charge is 0.157 e. The number of rotatable bonds is 8. The minimum Gasteiger partial charge on any atom is -0.337 e. The van der Waals surface area contributed by atoms with Crippen molar-refractivity contribution in [2.24, 2.45) is 0 Å². The Morgan fingerprint density at radius 3 is 1.27 bits per heavy atom. The first kappa shape index (κ1) is 33.2. The first-order valence-electron chi connectivity index (χ1n) is 19.2. The fraction of sp³-hybridized carbons (Fsp3) is 0.0392. The van der Waals surface area contributed by atoms with Crippen LogP contribution in [0.3, 0.4) is 0 Å². The molecule has 2 heterocycles. The normalized spacial score (nSPS) is 12.4. The van der Waals surface area contributed by atoms with E-state index in [9.17, 15) is 0 Å². The highest BCUT2D eigenvalue weighted by Crippen LogP contribution is 2.43. The van der Waals surface area contributed by atoms with Crippen LogP contribution in [0.2, 0.25) is 0 Å². The zero-order valence-electron chi connectivity index (χ0n) is 30.9.